The molecule has 110 valence electrons. The lowest BCUT2D eigenvalue weighted by molar-refractivity contribution is -0.143. The van der Waals surface area contributed by atoms with Crippen molar-refractivity contribution in [2.24, 2.45) is 0 Å². The lowest BCUT2D eigenvalue weighted by Gasteiger charge is -2.21. The van der Waals surface area contributed by atoms with Crippen LogP contribution in [0.3, 0.4) is 0 Å². The third-order valence-corrected chi connectivity index (χ3v) is 3.21. The molecular weight excluding hydrogens is 284 g/mol. The summed E-state index contributed by atoms with van der Waals surface area (Å²) in [5.41, 5.74) is 0.601. The van der Waals surface area contributed by atoms with Gasteiger partial charge in [-0.2, -0.15) is 0 Å². The van der Waals surface area contributed by atoms with E-state index in [2.05, 4.69) is 0 Å². The Morgan fingerprint density at radius 3 is 2.95 bits per heavy atom. The molecule has 0 aromatic heterocycles. The Morgan fingerprint density at radius 2 is 2.20 bits per heavy atom. The fourth-order valence-corrected chi connectivity index (χ4v) is 2.25. The average molecular weight is 301 g/mol. The first-order valence-electron chi connectivity index (χ1n) is 6.54. The van der Waals surface area contributed by atoms with Gasteiger partial charge in [0, 0.05) is 6.42 Å². The fraction of sp³-hybridized carbons (Fsp3) is 0.500. The van der Waals surface area contributed by atoms with Crippen molar-refractivity contribution in [1.82, 2.24) is 0 Å². The van der Waals surface area contributed by atoms with Crippen LogP contribution in [0.1, 0.15) is 31.4 Å². The van der Waals surface area contributed by atoms with Gasteiger partial charge in [0.1, 0.15) is 13.2 Å². The highest BCUT2D eigenvalue weighted by atomic mass is 35.5. The summed E-state index contributed by atoms with van der Waals surface area (Å²) in [5.74, 6) is 0.698. The van der Waals surface area contributed by atoms with Crippen LogP contribution in [0.15, 0.2) is 12.1 Å². The highest BCUT2D eigenvalue weighted by Gasteiger charge is 2.20. The van der Waals surface area contributed by atoms with Crippen molar-refractivity contribution in [2.75, 3.05) is 19.8 Å². The van der Waals surface area contributed by atoms with E-state index in [4.69, 9.17) is 25.8 Å². The van der Waals surface area contributed by atoms with Crippen molar-refractivity contribution in [3.63, 3.8) is 0 Å². The quantitative estimate of drug-likeness (QED) is 0.846. The van der Waals surface area contributed by atoms with Gasteiger partial charge >= 0.3 is 5.97 Å². The van der Waals surface area contributed by atoms with Crippen LogP contribution in [0, 0.1) is 0 Å². The standard InChI is InChI=1S/C14H17ClO5/c1-2-18-13(17)4-3-11(16)9-7-10(15)14-12(8-9)19-5-6-20-14/h7-8,11,16H,2-6H2,1H3. The summed E-state index contributed by atoms with van der Waals surface area (Å²) in [6, 6.07) is 3.32. The Hall–Kier alpha value is -1.46. The van der Waals surface area contributed by atoms with Gasteiger partial charge in [-0.1, -0.05) is 11.6 Å². The molecule has 0 saturated carbocycles. The number of ether oxygens (including phenoxy) is 3. The fourth-order valence-electron chi connectivity index (χ4n) is 1.98. The van der Waals surface area contributed by atoms with E-state index < -0.39 is 6.10 Å². The van der Waals surface area contributed by atoms with Crippen LogP contribution in [-0.4, -0.2) is 30.9 Å². The van der Waals surface area contributed by atoms with Crippen molar-refractivity contribution < 1.29 is 24.1 Å². The van der Waals surface area contributed by atoms with Gasteiger partial charge < -0.3 is 19.3 Å². The van der Waals surface area contributed by atoms with Gasteiger partial charge in [-0.25, -0.2) is 0 Å². The lowest BCUT2D eigenvalue weighted by Crippen LogP contribution is -2.16. The zero-order chi connectivity index (χ0) is 14.5. The molecule has 20 heavy (non-hydrogen) atoms. The zero-order valence-electron chi connectivity index (χ0n) is 11.2. The smallest absolute Gasteiger partial charge is 0.305 e. The summed E-state index contributed by atoms with van der Waals surface area (Å²) < 4.78 is 15.7. The molecule has 1 aliphatic heterocycles. The Labute approximate surface area is 122 Å². The number of benzene rings is 1. The summed E-state index contributed by atoms with van der Waals surface area (Å²) in [6.07, 6.45) is -0.372. The van der Waals surface area contributed by atoms with Gasteiger partial charge in [-0.3, -0.25) is 4.79 Å². The summed E-state index contributed by atoms with van der Waals surface area (Å²) >= 11 is 6.10. The molecule has 2 rings (SSSR count). The van der Waals surface area contributed by atoms with E-state index in [1.807, 2.05) is 0 Å². The summed E-state index contributed by atoms with van der Waals surface area (Å²) in [4.78, 5) is 11.3. The van der Waals surface area contributed by atoms with Gasteiger partial charge in [0.25, 0.3) is 0 Å². The van der Waals surface area contributed by atoms with E-state index in [-0.39, 0.29) is 18.8 Å². The number of hydrogen-bond acceptors (Lipinski definition) is 5. The molecule has 0 saturated heterocycles. The molecule has 1 unspecified atom stereocenters. The number of carbonyl (C=O) groups excluding carboxylic acids is 1. The normalized spacial score (nSPS) is 14.8. The van der Waals surface area contributed by atoms with Crippen LogP contribution in [-0.2, 0) is 9.53 Å². The second-order valence-corrected chi connectivity index (χ2v) is 4.79. The lowest BCUT2D eigenvalue weighted by atomic mass is 10.0. The molecule has 1 N–H and O–H groups in total. The average Bonchev–Trinajstić information content (AvgIpc) is 2.45. The number of carbonyl (C=O) groups is 1. The Balaban J connectivity index is 2.04. The third kappa shape index (κ3) is 3.55. The molecule has 5 nitrogen and oxygen atoms in total. The Bertz CT molecular complexity index is 489. The molecule has 1 atom stereocenters. The van der Waals surface area contributed by atoms with Crippen LogP contribution in [0.5, 0.6) is 11.5 Å². The van der Waals surface area contributed by atoms with Crippen molar-refractivity contribution in [2.45, 2.75) is 25.9 Å². The first-order valence-corrected chi connectivity index (χ1v) is 6.92. The molecule has 0 bridgehead atoms. The van der Waals surface area contributed by atoms with Crippen LogP contribution in [0.25, 0.3) is 0 Å². The first kappa shape index (κ1) is 14.9. The molecule has 1 aromatic rings. The number of halogens is 1. The van der Waals surface area contributed by atoms with E-state index in [9.17, 15) is 9.90 Å². The number of hydrogen-bond donors (Lipinski definition) is 1. The summed E-state index contributed by atoms with van der Waals surface area (Å²) in [5, 5.41) is 10.5. The van der Waals surface area contributed by atoms with E-state index in [0.717, 1.165) is 0 Å². The molecule has 0 aliphatic carbocycles. The van der Waals surface area contributed by atoms with Gasteiger partial charge in [0.15, 0.2) is 11.5 Å². The zero-order valence-corrected chi connectivity index (χ0v) is 12.0. The summed E-state index contributed by atoms with van der Waals surface area (Å²) in [6.45, 7) is 2.99. The minimum absolute atomic E-state index is 0.154. The maximum atomic E-state index is 11.3. The van der Waals surface area contributed by atoms with Crippen molar-refractivity contribution in [3.05, 3.63) is 22.7 Å². The van der Waals surface area contributed by atoms with Crippen LogP contribution in [0.4, 0.5) is 0 Å². The molecule has 1 heterocycles. The SMILES string of the molecule is CCOC(=O)CCC(O)c1cc(Cl)c2c(c1)OCCO2. The minimum atomic E-state index is -0.798. The third-order valence-electron chi connectivity index (χ3n) is 2.93. The predicted octanol–water partition coefficient (Wildman–Crippen LogP) is 2.49. The second kappa shape index (κ2) is 6.81. The molecule has 1 aliphatic rings. The maximum Gasteiger partial charge on any atom is 0.305 e. The highest BCUT2D eigenvalue weighted by molar-refractivity contribution is 6.32. The minimum Gasteiger partial charge on any atom is -0.486 e. The van der Waals surface area contributed by atoms with E-state index in [1.165, 1.54) is 0 Å². The maximum absolute atomic E-state index is 11.3. The Morgan fingerprint density at radius 1 is 1.45 bits per heavy atom. The van der Waals surface area contributed by atoms with E-state index in [1.54, 1.807) is 19.1 Å². The largest absolute Gasteiger partial charge is 0.486 e. The highest BCUT2D eigenvalue weighted by Crippen LogP contribution is 2.40. The van der Waals surface area contributed by atoms with Crippen LogP contribution < -0.4 is 9.47 Å². The van der Waals surface area contributed by atoms with E-state index in [0.29, 0.717) is 41.9 Å². The molecule has 1 aromatic carbocycles. The van der Waals surface area contributed by atoms with Crippen molar-refractivity contribution in [1.29, 1.82) is 0 Å². The molecule has 0 radical (unpaired) electrons. The molecular formula is C14H17ClO5. The molecule has 0 fully saturated rings. The number of aliphatic hydroxyl groups is 1. The van der Waals surface area contributed by atoms with Crippen molar-refractivity contribution in [3.8, 4) is 11.5 Å². The number of aliphatic hydroxyl groups excluding tert-OH is 1. The second-order valence-electron chi connectivity index (χ2n) is 4.39. The predicted molar refractivity (Wildman–Crippen MR) is 73.3 cm³/mol. The summed E-state index contributed by atoms with van der Waals surface area (Å²) in [7, 11) is 0. The van der Waals surface area contributed by atoms with Gasteiger partial charge in [0.05, 0.1) is 17.7 Å². The first-order chi connectivity index (χ1) is 9.61. The van der Waals surface area contributed by atoms with Gasteiger partial charge in [-0.15, -0.1) is 0 Å². The van der Waals surface area contributed by atoms with Crippen LogP contribution in [0.2, 0.25) is 5.02 Å². The number of fused-ring (bicyclic) bond motifs is 1. The molecule has 0 spiro atoms. The van der Waals surface area contributed by atoms with Gasteiger partial charge in [0.2, 0.25) is 0 Å². The topological polar surface area (TPSA) is 65.0 Å². The van der Waals surface area contributed by atoms with Crippen molar-refractivity contribution >= 4 is 17.6 Å². The van der Waals surface area contributed by atoms with Gasteiger partial charge in [-0.05, 0) is 31.0 Å². The number of esters is 1. The molecule has 6 heteroatoms. The van der Waals surface area contributed by atoms with Crippen LogP contribution >= 0.6 is 11.6 Å². The molecule has 0 amide bonds. The monoisotopic (exact) mass is 300 g/mol. The van der Waals surface area contributed by atoms with E-state index >= 15 is 0 Å². The number of rotatable bonds is 5. The Kier molecular flexibility index (Phi) is 5.09.